The van der Waals surface area contributed by atoms with Gasteiger partial charge >= 0.3 is 0 Å². The molecule has 0 aliphatic rings. The molecule has 0 spiro atoms. The van der Waals surface area contributed by atoms with Gasteiger partial charge in [0.15, 0.2) is 5.96 Å². The van der Waals surface area contributed by atoms with Gasteiger partial charge < -0.3 is 11.1 Å². The highest BCUT2D eigenvalue weighted by atomic mass is 32.1. The number of aliphatic imine (C=N–C) groups is 1. The smallest absolute Gasteiger partial charge is 0.188 e. The molecule has 19 heavy (non-hydrogen) atoms. The standard InChI is InChI=1S/C14H18N4S/c1-11-4-2-5-12(18-11)10-17-14(15)16-8-7-13-6-3-9-19-13/h2-6,9H,7-8,10H2,1H3,(H3,15,16,17). The number of thiophene rings is 1. The molecule has 0 bridgehead atoms. The summed E-state index contributed by atoms with van der Waals surface area (Å²) in [5.41, 5.74) is 7.74. The van der Waals surface area contributed by atoms with Crippen LogP contribution in [0.2, 0.25) is 0 Å². The maximum Gasteiger partial charge on any atom is 0.188 e. The first kappa shape index (κ1) is 13.5. The van der Waals surface area contributed by atoms with Gasteiger partial charge in [-0.1, -0.05) is 12.1 Å². The summed E-state index contributed by atoms with van der Waals surface area (Å²) in [6.07, 6.45) is 0.969. The topological polar surface area (TPSA) is 63.3 Å². The molecule has 2 heterocycles. The number of rotatable bonds is 5. The van der Waals surface area contributed by atoms with Crippen molar-refractivity contribution < 1.29 is 0 Å². The van der Waals surface area contributed by atoms with Gasteiger partial charge in [0, 0.05) is 17.1 Å². The first-order chi connectivity index (χ1) is 9.24. The SMILES string of the molecule is Cc1cccc(CN=C(N)NCCc2cccs2)n1. The Morgan fingerprint density at radius 3 is 3.00 bits per heavy atom. The van der Waals surface area contributed by atoms with Crippen LogP contribution in [0.5, 0.6) is 0 Å². The number of nitrogens with two attached hydrogens (primary N) is 1. The number of nitrogens with zero attached hydrogens (tertiary/aromatic N) is 2. The van der Waals surface area contributed by atoms with E-state index in [1.54, 1.807) is 11.3 Å². The number of aromatic nitrogens is 1. The summed E-state index contributed by atoms with van der Waals surface area (Å²) >= 11 is 1.76. The van der Waals surface area contributed by atoms with E-state index >= 15 is 0 Å². The van der Waals surface area contributed by atoms with Gasteiger partial charge in [0.05, 0.1) is 12.2 Å². The summed E-state index contributed by atoms with van der Waals surface area (Å²) < 4.78 is 0. The maximum atomic E-state index is 5.81. The first-order valence-electron chi connectivity index (χ1n) is 6.23. The quantitative estimate of drug-likeness (QED) is 0.648. The van der Waals surface area contributed by atoms with E-state index in [1.807, 2.05) is 25.1 Å². The van der Waals surface area contributed by atoms with Gasteiger partial charge in [-0.05, 0) is 36.9 Å². The van der Waals surface area contributed by atoms with E-state index in [0.29, 0.717) is 12.5 Å². The Labute approximate surface area is 117 Å². The highest BCUT2D eigenvalue weighted by Gasteiger charge is 1.96. The zero-order valence-electron chi connectivity index (χ0n) is 11.0. The Morgan fingerprint density at radius 2 is 2.26 bits per heavy atom. The number of pyridine rings is 1. The number of hydrogen-bond donors (Lipinski definition) is 2. The largest absolute Gasteiger partial charge is 0.370 e. The lowest BCUT2D eigenvalue weighted by Gasteiger charge is -2.04. The molecule has 0 saturated heterocycles. The van der Waals surface area contributed by atoms with Gasteiger partial charge in [0.25, 0.3) is 0 Å². The van der Waals surface area contributed by atoms with E-state index in [2.05, 4.69) is 32.8 Å². The summed E-state index contributed by atoms with van der Waals surface area (Å²) in [4.78, 5) is 10.0. The average Bonchev–Trinajstić information content (AvgIpc) is 2.90. The molecule has 0 fully saturated rings. The van der Waals surface area contributed by atoms with Crippen LogP contribution in [0.1, 0.15) is 16.3 Å². The summed E-state index contributed by atoms with van der Waals surface area (Å²) in [7, 11) is 0. The Hall–Kier alpha value is -1.88. The normalized spacial score (nSPS) is 11.5. The maximum absolute atomic E-state index is 5.81. The molecule has 0 amide bonds. The Kier molecular flexibility index (Phi) is 4.92. The fraction of sp³-hybridized carbons (Fsp3) is 0.286. The Balaban J connectivity index is 1.76. The van der Waals surface area contributed by atoms with E-state index in [4.69, 9.17) is 5.73 Å². The predicted molar refractivity (Wildman–Crippen MR) is 80.3 cm³/mol. The number of hydrogen-bond acceptors (Lipinski definition) is 3. The van der Waals surface area contributed by atoms with Gasteiger partial charge in [-0.25, -0.2) is 4.99 Å². The van der Waals surface area contributed by atoms with Crippen molar-refractivity contribution >= 4 is 17.3 Å². The number of nitrogens with one attached hydrogen (secondary N) is 1. The molecule has 0 unspecified atom stereocenters. The van der Waals surface area contributed by atoms with Crippen molar-refractivity contribution in [2.24, 2.45) is 10.7 Å². The molecule has 0 aliphatic heterocycles. The van der Waals surface area contributed by atoms with Crippen LogP contribution in [0.15, 0.2) is 40.7 Å². The number of aryl methyl sites for hydroxylation is 1. The molecule has 2 aromatic heterocycles. The number of guanidine groups is 1. The highest BCUT2D eigenvalue weighted by Crippen LogP contribution is 2.07. The van der Waals surface area contributed by atoms with Crippen molar-refractivity contribution in [3.8, 4) is 0 Å². The molecule has 0 atom stereocenters. The van der Waals surface area contributed by atoms with Gasteiger partial charge in [-0.3, -0.25) is 4.98 Å². The van der Waals surface area contributed by atoms with Crippen molar-refractivity contribution in [3.05, 3.63) is 52.0 Å². The molecule has 0 aromatic carbocycles. The third kappa shape index (κ3) is 4.71. The van der Waals surface area contributed by atoms with E-state index in [0.717, 1.165) is 24.4 Å². The monoisotopic (exact) mass is 274 g/mol. The average molecular weight is 274 g/mol. The van der Waals surface area contributed by atoms with Crippen molar-refractivity contribution in [2.45, 2.75) is 19.9 Å². The van der Waals surface area contributed by atoms with Gasteiger partial charge in [-0.15, -0.1) is 11.3 Å². The van der Waals surface area contributed by atoms with Crippen molar-refractivity contribution in [1.29, 1.82) is 0 Å². The zero-order chi connectivity index (χ0) is 13.5. The van der Waals surface area contributed by atoms with E-state index in [9.17, 15) is 0 Å². The second-order valence-electron chi connectivity index (χ2n) is 4.23. The van der Waals surface area contributed by atoms with E-state index in [1.165, 1.54) is 4.88 Å². The molecular weight excluding hydrogens is 256 g/mol. The first-order valence-corrected chi connectivity index (χ1v) is 7.11. The second kappa shape index (κ2) is 6.89. The van der Waals surface area contributed by atoms with Crippen LogP contribution in [0.3, 0.4) is 0 Å². The van der Waals surface area contributed by atoms with Crippen molar-refractivity contribution in [3.63, 3.8) is 0 Å². The minimum absolute atomic E-state index is 0.472. The highest BCUT2D eigenvalue weighted by molar-refractivity contribution is 7.09. The summed E-state index contributed by atoms with van der Waals surface area (Å²) in [6, 6.07) is 10.1. The van der Waals surface area contributed by atoms with Crippen LogP contribution >= 0.6 is 11.3 Å². The summed E-state index contributed by atoms with van der Waals surface area (Å²) in [6.45, 7) is 3.28. The predicted octanol–water partition coefficient (Wildman–Crippen LogP) is 2.10. The molecule has 100 valence electrons. The molecule has 0 radical (unpaired) electrons. The third-order valence-corrected chi connectivity index (χ3v) is 3.55. The van der Waals surface area contributed by atoms with Crippen molar-refractivity contribution in [2.75, 3.05) is 6.54 Å². The molecular formula is C14H18N4S. The van der Waals surface area contributed by atoms with Crippen LogP contribution in [-0.4, -0.2) is 17.5 Å². The molecule has 2 aromatic rings. The van der Waals surface area contributed by atoms with Crippen LogP contribution in [0.25, 0.3) is 0 Å². The minimum atomic E-state index is 0.472. The molecule has 5 heteroatoms. The molecule has 0 aliphatic carbocycles. The molecule has 0 saturated carbocycles. The van der Waals surface area contributed by atoms with Crippen LogP contribution in [-0.2, 0) is 13.0 Å². The van der Waals surface area contributed by atoms with Gasteiger partial charge in [-0.2, -0.15) is 0 Å². The molecule has 2 rings (SSSR count). The van der Waals surface area contributed by atoms with Crippen LogP contribution in [0.4, 0.5) is 0 Å². The zero-order valence-corrected chi connectivity index (χ0v) is 11.8. The minimum Gasteiger partial charge on any atom is -0.370 e. The summed E-state index contributed by atoms with van der Waals surface area (Å²) in [5, 5.41) is 5.19. The molecule has 4 nitrogen and oxygen atoms in total. The lowest BCUT2D eigenvalue weighted by molar-refractivity contribution is 0.852. The lowest BCUT2D eigenvalue weighted by Crippen LogP contribution is -2.33. The lowest BCUT2D eigenvalue weighted by atomic mass is 10.3. The van der Waals surface area contributed by atoms with Gasteiger partial charge in [0.2, 0.25) is 0 Å². The fourth-order valence-electron chi connectivity index (χ4n) is 1.68. The van der Waals surface area contributed by atoms with E-state index in [-0.39, 0.29) is 0 Å². The van der Waals surface area contributed by atoms with Crippen molar-refractivity contribution in [1.82, 2.24) is 10.3 Å². The van der Waals surface area contributed by atoms with Crippen LogP contribution < -0.4 is 11.1 Å². The molecule has 3 N–H and O–H groups in total. The Bertz CT molecular complexity index is 534. The fourth-order valence-corrected chi connectivity index (χ4v) is 2.39. The Morgan fingerprint density at radius 1 is 1.37 bits per heavy atom. The van der Waals surface area contributed by atoms with Gasteiger partial charge in [0.1, 0.15) is 0 Å². The van der Waals surface area contributed by atoms with E-state index < -0.39 is 0 Å². The summed E-state index contributed by atoms with van der Waals surface area (Å²) in [5.74, 6) is 0.472. The second-order valence-corrected chi connectivity index (χ2v) is 5.26. The third-order valence-electron chi connectivity index (χ3n) is 2.62. The van der Waals surface area contributed by atoms with Crippen LogP contribution in [0, 0.1) is 6.92 Å².